The van der Waals surface area contributed by atoms with Gasteiger partial charge in [0, 0.05) is 34.0 Å². The first-order valence-electron chi connectivity index (χ1n) is 9.41. The van der Waals surface area contributed by atoms with Crippen LogP contribution in [0.1, 0.15) is 28.9 Å². The van der Waals surface area contributed by atoms with E-state index in [-0.39, 0.29) is 11.7 Å². The molecule has 0 aliphatic rings. The highest BCUT2D eigenvalue weighted by Crippen LogP contribution is 2.22. The fourth-order valence-corrected chi connectivity index (χ4v) is 3.90. The largest absolute Gasteiger partial charge is 0.315 e. The number of nitrogens with zero attached hydrogens (tertiary/aromatic N) is 2. The smallest absolute Gasteiger partial charge is 0.240 e. The molecule has 0 spiro atoms. The quantitative estimate of drug-likeness (QED) is 0.332. The summed E-state index contributed by atoms with van der Waals surface area (Å²) in [6, 6.07) is 16.8. The lowest BCUT2D eigenvalue weighted by molar-refractivity contribution is -0.120. The number of carbonyl (C=O) groups is 1. The highest BCUT2D eigenvalue weighted by atomic mass is 32.2. The predicted octanol–water partition coefficient (Wildman–Crippen LogP) is 5.17. The van der Waals surface area contributed by atoms with Gasteiger partial charge >= 0.3 is 0 Å². The van der Waals surface area contributed by atoms with Gasteiger partial charge in [0.1, 0.15) is 5.82 Å². The van der Waals surface area contributed by atoms with Crippen molar-refractivity contribution in [1.29, 1.82) is 0 Å². The Kier molecular flexibility index (Phi) is 6.88. The van der Waals surface area contributed by atoms with E-state index in [1.54, 1.807) is 36.2 Å². The molecule has 0 atom stereocenters. The van der Waals surface area contributed by atoms with E-state index in [4.69, 9.17) is 0 Å². The first-order valence-corrected chi connectivity index (χ1v) is 10.4. The minimum Gasteiger partial charge on any atom is -0.315 e. The molecule has 0 aliphatic carbocycles. The maximum Gasteiger partial charge on any atom is 0.240 e. The molecule has 0 fully saturated rings. The Hall–Kier alpha value is -2.86. The van der Waals surface area contributed by atoms with E-state index in [2.05, 4.69) is 34.8 Å². The molecule has 0 bridgehead atoms. The topological polar surface area (TPSA) is 46.4 Å². The molecule has 0 radical (unpaired) electrons. The molecule has 1 N–H and O–H groups in total. The summed E-state index contributed by atoms with van der Waals surface area (Å²) < 4.78 is 16.0. The fourth-order valence-electron chi connectivity index (χ4n) is 3.05. The molecule has 2 aromatic carbocycles. The molecule has 29 heavy (non-hydrogen) atoms. The van der Waals surface area contributed by atoms with Crippen molar-refractivity contribution < 1.29 is 9.18 Å². The minimum absolute atomic E-state index is 0.135. The van der Waals surface area contributed by atoms with Crippen LogP contribution >= 0.6 is 11.8 Å². The summed E-state index contributed by atoms with van der Waals surface area (Å²) in [5.41, 5.74) is 6.88. The minimum atomic E-state index is -0.280. The number of thioether (sulfide) groups is 1. The second-order valence-electron chi connectivity index (χ2n) is 6.82. The van der Waals surface area contributed by atoms with Crippen molar-refractivity contribution in [3.63, 3.8) is 0 Å². The Morgan fingerprint density at radius 1 is 1.14 bits per heavy atom. The SMILES string of the molecule is Cc1ccc(SCCC(=O)N/N=C\c2cc(C)n(-c3ccccc3F)c2C)cc1. The van der Waals surface area contributed by atoms with Crippen LogP contribution in [0.3, 0.4) is 0 Å². The van der Waals surface area contributed by atoms with Gasteiger partial charge in [-0.2, -0.15) is 5.10 Å². The van der Waals surface area contributed by atoms with Crippen LogP contribution in [0.15, 0.2) is 64.6 Å². The highest BCUT2D eigenvalue weighted by Gasteiger charge is 2.12. The summed E-state index contributed by atoms with van der Waals surface area (Å²) in [7, 11) is 0. The number of halogens is 1. The predicted molar refractivity (Wildman–Crippen MR) is 117 cm³/mol. The van der Waals surface area contributed by atoms with E-state index < -0.39 is 0 Å². The molecule has 0 saturated heterocycles. The molecule has 1 heterocycles. The molecule has 4 nitrogen and oxygen atoms in total. The van der Waals surface area contributed by atoms with Gasteiger partial charge < -0.3 is 4.57 Å². The zero-order valence-electron chi connectivity index (χ0n) is 16.8. The third-order valence-corrected chi connectivity index (χ3v) is 5.59. The first kappa shape index (κ1) is 20.9. The average molecular weight is 410 g/mol. The molecule has 1 amide bonds. The third kappa shape index (κ3) is 5.35. The van der Waals surface area contributed by atoms with Crippen LogP contribution in [0.4, 0.5) is 4.39 Å². The fraction of sp³-hybridized carbons (Fsp3) is 0.217. The molecular weight excluding hydrogens is 385 g/mol. The number of hydrazone groups is 1. The Morgan fingerprint density at radius 3 is 2.59 bits per heavy atom. The number of rotatable bonds is 7. The van der Waals surface area contributed by atoms with Crippen molar-refractivity contribution in [3.05, 3.63) is 82.9 Å². The van der Waals surface area contributed by atoms with Crippen LogP contribution in [0.2, 0.25) is 0 Å². The van der Waals surface area contributed by atoms with E-state index in [1.807, 2.05) is 31.4 Å². The third-order valence-electron chi connectivity index (χ3n) is 4.58. The van der Waals surface area contributed by atoms with Crippen LogP contribution in [0.5, 0.6) is 0 Å². The molecular formula is C23H24FN3OS. The van der Waals surface area contributed by atoms with Gasteiger partial charge in [0.15, 0.2) is 0 Å². The van der Waals surface area contributed by atoms with Crippen molar-refractivity contribution in [2.75, 3.05) is 5.75 Å². The highest BCUT2D eigenvalue weighted by molar-refractivity contribution is 7.99. The molecule has 0 unspecified atom stereocenters. The molecule has 0 saturated carbocycles. The number of hydrogen-bond donors (Lipinski definition) is 1. The van der Waals surface area contributed by atoms with Crippen molar-refractivity contribution in [3.8, 4) is 5.69 Å². The van der Waals surface area contributed by atoms with Gasteiger partial charge in [0.05, 0.1) is 11.9 Å². The maximum atomic E-state index is 14.1. The summed E-state index contributed by atoms with van der Waals surface area (Å²) in [5, 5.41) is 4.07. The standard InChI is InChI=1S/C23H24FN3OS/c1-16-8-10-20(11-9-16)29-13-12-23(28)26-25-15-19-14-17(2)27(18(19)3)22-7-5-4-6-21(22)24/h4-11,14-15H,12-13H2,1-3H3,(H,26,28)/b25-15-. The number of amides is 1. The van der Waals surface area contributed by atoms with Crippen molar-refractivity contribution in [1.82, 2.24) is 9.99 Å². The Labute approximate surface area is 174 Å². The number of para-hydroxylation sites is 1. The first-order chi connectivity index (χ1) is 14.0. The second kappa shape index (κ2) is 9.56. The number of hydrogen-bond acceptors (Lipinski definition) is 3. The number of carbonyl (C=O) groups excluding carboxylic acids is 1. The number of aryl methyl sites for hydroxylation is 2. The van der Waals surface area contributed by atoms with Gasteiger partial charge in [0.25, 0.3) is 0 Å². The summed E-state index contributed by atoms with van der Waals surface area (Å²) in [4.78, 5) is 13.2. The van der Waals surface area contributed by atoms with E-state index in [0.29, 0.717) is 17.9 Å². The van der Waals surface area contributed by atoms with E-state index in [9.17, 15) is 9.18 Å². The Bertz CT molecular complexity index is 1030. The van der Waals surface area contributed by atoms with Crippen molar-refractivity contribution in [2.45, 2.75) is 32.1 Å². The summed E-state index contributed by atoms with van der Waals surface area (Å²) in [5.74, 6) is 0.271. The number of aromatic nitrogens is 1. The van der Waals surface area contributed by atoms with Gasteiger partial charge in [-0.05, 0) is 51.1 Å². The summed E-state index contributed by atoms with van der Waals surface area (Å²) in [6.45, 7) is 5.87. The van der Waals surface area contributed by atoms with Crippen LogP contribution in [-0.2, 0) is 4.79 Å². The lowest BCUT2D eigenvalue weighted by Crippen LogP contribution is -2.17. The van der Waals surface area contributed by atoms with Gasteiger partial charge in [-0.1, -0.05) is 29.8 Å². The normalized spacial score (nSPS) is 11.2. The zero-order valence-corrected chi connectivity index (χ0v) is 17.6. The molecule has 3 rings (SSSR count). The zero-order chi connectivity index (χ0) is 20.8. The molecule has 1 aromatic heterocycles. The maximum absolute atomic E-state index is 14.1. The number of benzene rings is 2. The molecule has 6 heteroatoms. The monoisotopic (exact) mass is 409 g/mol. The molecule has 3 aromatic rings. The van der Waals surface area contributed by atoms with E-state index >= 15 is 0 Å². The van der Waals surface area contributed by atoms with Crippen LogP contribution in [0.25, 0.3) is 5.69 Å². The Balaban J connectivity index is 1.56. The van der Waals surface area contributed by atoms with Crippen LogP contribution in [-0.4, -0.2) is 22.4 Å². The molecule has 150 valence electrons. The van der Waals surface area contributed by atoms with Crippen molar-refractivity contribution in [2.24, 2.45) is 5.10 Å². The van der Waals surface area contributed by atoms with Gasteiger partial charge in [0.2, 0.25) is 5.91 Å². The van der Waals surface area contributed by atoms with Gasteiger partial charge in [-0.15, -0.1) is 11.8 Å². The van der Waals surface area contributed by atoms with Gasteiger partial charge in [-0.25, -0.2) is 9.82 Å². The summed E-state index contributed by atoms with van der Waals surface area (Å²) >= 11 is 1.64. The lowest BCUT2D eigenvalue weighted by atomic mass is 10.2. The van der Waals surface area contributed by atoms with Crippen LogP contribution in [0, 0.1) is 26.6 Å². The van der Waals surface area contributed by atoms with Crippen LogP contribution < -0.4 is 5.43 Å². The molecule has 0 aliphatic heterocycles. The van der Waals surface area contributed by atoms with E-state index in [0.717, 1.165) is 21.8 Å². The average Bonchev–Trinajstić information content (AvgIpc) is 2.97. The summed E-state index contributed by atoms with van der Waals surface area (Å²) in [6.07, 6.45) is 1.98. The lowest BCUT2D eigenvalue weighted by Gasteiger charge is -2.10. The second-order valence-corrected chi connectivity index (χ2v) is 7.99. The van der Waals surface area contributed by atoms with E-state index in [1.165, 1.54) is 11.6 Å². The number of nitrogens with one attached hydrogen (secondary N) is 1. The van der Waals surface area contributed by atoms with Gasteiger partial charge in [-0.3, -0.25) is 4.79 Å². The van der Waals surface area contributed by atoms with Crippen molar-refractivity contribution >= 4 is 23.9 Å². The Morgan fingerprint density at radius 2 is 1.86 bits per heavy atom.